The van der Waals surface area contributed by atoms with Crippen LogP contribution in [-0.2, 0) is 10.0 Å². The van der Waals surface area contributed by atoms with E-state index >= 15 is 0 Å². The number of para-hydroxylation sites is 2. The number of benzene rings is 2. The average Bonchev–Trinajstić information content (AvgIpc) is 2.92. The van der Waals surface area contributed by atoms with Crippen LogP contribution in [0.15, 0.2) is 60.4 Å². The van der Waals surface area contributed by atoms with Crippen LogP contribution < -0.4 is 25.4 Å². The first-order valence-corrected chi connectivity index (χ1v) is 9.90. The number of hydrazine groups is 3. The monoisotopic (exact) mass is 373 g/mol. The lowest BCUT2D eigenvalue weighted by molar-refractivity contribution is 0.214. The smallest absolute Gasteiger partial charge is 0.225 e. The molecule has 136 valence electrons. The molecule has 2 aliphatic heterocycles. The van der Waals surface area contributed by atoms with Gasteiger partial charge in [0.25, 0.3) is 0 Å². The van der Waals surface area contributed by atoms with E-state index in [9.17, 15) is 13.5 Å². The molecular formula is C17H19N5O3S. The summed E-state index contributed by atoms with van der Waals surface area (Å²) in [4.78, 5) is 2.45. The lowest BCUT2D eigenvalue weighted by atomic mass is 10.2. The minimum absolute atomic E-state index is 0.500. The average molecular weight is 373 g/mol. The quantitative estimate of drug-likeness (QED) is 0.745. The Hall–Kier alpha value is -2.59. The number of hydrogen-bond acceptors (Lipinski definition) is 7. The maximum absolute atomic E-state index is 11.7. The summed E-state index contributed by atoms with van der Waals surface area (Å²) in [5.74, 6) is 0. The minimum Gasteiger partial charge on any atom is -0.367 e. The molecule has 0 aromatic heterocycles. The highest BCUT2D eigenvalue weighted by atomic mass is 32.2. The highest BCUT2D eigenvalue weighted by molar-refractivity contribution is 7.88. The Morgan fingerprint density at radius 2 is 1.73 bits per heavy atom. The van der Waals surface area contributed by atoms with Crippen LogP contribution in [0, 0.1) is 6.92 Å². The van der Waals surface area contributed by atoms with Crippen LogP contribution in [0.2, 0.25) is 0 Å². The molecule has 0 aliphatic carbocycles. The molecule has 1 fully saturated rings. The molecule has 2 aromatic rings. The second-order valence-corrected chi connectivity index (χ2v) is 8.02. The summed E-state index contributed by atoms with van der Waals surface area (Å²) in [6.07, 6.45) is 1.66. The molecule has 0 bridgehead atoms. The maximum Gasteiger partial charge on any atom is 0.225 e. The van der Waals surface area contributed by atoms with Gasteiger partial charge in [0.15, 0.2) is 6.23 Å². The van der Waals surface area contributed by atoms with Crippen LogP contribution in [0.25, 0.3) is 0 Å². The first-order chi connectivity index (χ1) is 12.3. The Morgan fingerprint density at radius 3 is 2.38 bits per heavy atom. The van der Waals surface area contributed by atoms with Gasteiger partial charge >= 0.3 is 0 Å². The van der Waals surface area contributed by atoms with Crippen molar-refractivity contribution in [2.75, 3.05) is 21.3 Å². The zero-order valence-electron chi connectivity index (χ0n) is 14.3. The summed E-state index contributed by atoms with van der Waals surface area (Å²) in [6, 6.07) is 15.0. The summed E-state index contributed by atoms with van der Waals surface area (Å²) < 4.78 is 23.4. The third-order valence-corrected chi connectivity index (χ3v) is 4.72. The van der Waals surface area contributed by atoms with Gasteiger partial charge in [-0.2, -0.15) is 0 Å². The molecule has 9 heteroatoms. The van der Waals surface area contributed by atoms with Crippen molar-refractivity contribution in [3.63, 3.8) is 0 Å². The molecule has 26 heavy (non-hydrogen) atoms. The normalized spacial score (nSPS) is 19.3. The number of nitrogens with one attached hydrogen (secondary N) is 2. The lowest BCUT2D eigenvalue weighted by Gasteiger charge is -2.32. The molecule has 0 amide bonds. The van der Waals surface area contributed by atoms with Gasteiger partial charge in [0.2, 0.25) is 10.0 Å². The molecular weight excluding hydrogens is 354 g/mol. The van der Waals surface area contributed by atoms with Crippen LogP contribution in [0.4, 0.5) is 17.1 Å². The van der Waals surface area contributed by atoms with E-state index < -0.39 is 16.3 Å². The number of aliphatic hydroxyl groups excluding tert-OH is 1. The molecule has 8 nitrogen and oxygen atoms in total. The summed E-state index contributed by atoms with van der Waals surface area (Å²) in [7, 11) is -3.49. The van der Waals surface area contributed by atoms with Gasteiger partial charge in [-0.05, 0) is 31.2 Å². The van der Waals surface area contributed by atoms with E-state index in [2.05, 4.69) is 10.4 Å². The first-order valence-electron chi connectivity index (χ1n) is 8.01. The molecule has 3 N–H and O–H groups in total. The zero-order chi connectivity index (χ0) is 18.5. The zero-order valence-corrected chi connectivity index (χ0v) is 15.1. The van der Waals surface area contributed by atoms with Crippen LogP contribution in [0.3, 0.4) is 0 Å². The van der Waals surface area contributed by atoms with E-state index in [4.69, 9.17) is 0 Å². The van der Waals surface area contributed by atoms with Gasteiger partial charge in [-0.1, -0.05) is 29.8 Å². The third kappa shape index (κ3) is 2.90. The van der Waals surface area contributed by atoms with Crippen molar-refractivity contribution in [1.29, 1.82) is 0 Å². The third-order valence-electron chi connectivity index (χ3n) is 4.19. The molecule has 0 saturated carbocycles. The van der Waals surface area contributed by atoms with Crippen molar-refractivity contribution < 1.29 is 13.5 Å². The number of anilines is 3. The molecule has 4 rings (SSSR count). The van der Waals surface area contributed by atoms with Crippen LogP contribution in [0.5, 0.6) is 0 Å². The Balaban J connectivity index is 1.76. The highest BCUT2D eigenvalue weighted by Crippen LogP contribution is 2.39. The summed E-state index contributed by atoms with van der Waals surface area (Å²) in [5.41, 5.74) is 6.93. The topological polar surface area (TPSA) is 88.2 Å². The number of aryl methyl sites for hydroxylation is 1. The lowest BCUT2D eigenvalue weighted by Crippen LogP contribution is -2.45. The summed E-state index contributed by atoms with van der Waals surface area (Å²) in [5, 5.41) is 15.6. The van der Waals surface area contributed by atoms with Gasteiger partial charge in [-0.15, -0.1) is 10.4 Å². The molecule has 2 heterocycles. The van der Waals surface area contributed by atoms with Crippen molar-refractivity contribution in [2.24, 2.45) is 0 Å². The Kier molecular flexibility index (Phi) is 3.88. The van der Waals surface area contributed by atoms with E-state index in [-0.39, 0.29) is 0 Å². The van der Waals surface area contributed by atoms with Crippen molar-refractivity contribution in [3.05, 3.63) is 66.0 Å². The molecule has 1 atom stereocenters. The Bertz CT molecular complexity index is 974. The van der Waals surface area contributed by atoms with E-state index in [1.165, 1.54) is 5.01 Å². The predicted octanol–water partition coefficient (Wildman–Crippen LogP) is 1.19. The van der Waals surface area contributed by atoms with Crippen molar-refractivity contribution in [1.82, 2.24) is 10.4 Å². The minimum atomic E-state index is -3.49. The van der Waals surface area contributed by atoms with Gasteiger partial charge < -0.3 is 5.11 Å². The number of nitrogens with zero attached hydrogens (tertiary/aromatic N) is 3. The molecule has 0 radical (unpaired) electrons. The van der Waals surface area contributed by atoms with Crippen LogP contribution in [0.1, 0.15) is 5.56 Å². The fourth-order valence-electron chi connectivity index (χ4n) is 3.00. The Morgan fingerprint density at radius 1 is 1.08 bits per heavy atom. The number of sulfonamides is 1. The SMILES string of the molecule is Cc1ccc(N2NN3C(=CN(NS(C)(=O)=O)c4ccccc43)C2O)cc1. The largest absolute Gasteiger partial charge is 0.367 e. The van der Waals surface area contributed by atoms with Crippen molar-refractivity contribution >= 4 is 27.1 Å². The fraction of sp³-hybridized carbons (Fsp3) is 0.176. The highest BCUT2D eigenvalue weighted by Gasteiger charge is 2.39. The van der Waals surface area contributed by atoms with Crippen LogP contribution >= 0.6 is 0 Å². The second kappa shape index (κ2) is 5.99. The van der Waals surface area contributed by atoms with Gasteiger partial charge in [-0.25, -0.2) is 8.42 Å². The van der Waals surface area contributed by atoms with Crippen LogP contribution in [-0.4, -0.2) is 26.0 Å². The number of fused-ring (bicyclic) bond motifs is 3. The number of aliphatic hydroxyl groups is 1. The van der Waals surface area contributed by atoms with E-state index in [0.717, 1.165) is 23.2 Å². The predicted molar refractivity (Wildman–Crippen MR) is 100 cm³/mol. The fourth-order valence-corrected chi connectivity index (χ4v) is 3.51. The van der Waals surface area contributed by atoms with E-state index in [1.54, 1.807) is 22.3 Å². The van der Waals surface area contributed by atoms with Gasteiger partial charge in [-0.3, -0.25) is 15.0 Å². The van der Waals surface area contributed by atoms with E-state index in [0.29, 0.717) is 11.4 Å². The molecule has 0 spiro atoms. The van der Waals surface area contributed by atoms with Gasteiger partial charge in [0.05, 0.1) is 23.3 Å². The number of hydrogen-bond donors (Lipinski definition) is 3. The molecule has 2 aliphatic rings. The van der Waals surface area contributed by atoms with Crippen molar-refractivity contribution in [2.45, 2.75) is 13.2 Å². The van der Waals surface area contributed by atoms with E-state index in [1.807, 2.05) is 49.4 Å². The molecule has 1 unspecified atom stereocenters. The number of rotatable bonds is 3. The molecule has 2 aromatic carbocycles. The maximum atomic E-state index is 11.7. The summed E-state index contributed by atoms with van der Waals surface area (Å²) in [6.45, 7) is 1.99. The van der Waals surface area contributed by atoms with Gasteiger partial charge in [0, 0.05) is 6.20 Å². The summed E-state index contributed by atoms with van der Waals surface area (Å²) >= 11 is 0. The van der Waals surface area contributed by atoms with Gasteiger partial charge in [0.1, 0.15) is 5.70 Å². The first kappa shape index (κ1) is 16.9. The Labute approximate surface area is 151 Å². The van der Waals surface area contributed by atoms with Crippen molar-refractivity contribution in [3.8, 4) is 0 Å². The second-order valence-electron chi connectivity index (χ2n) is 6.29. The molecule has 1 saturated heterocycles. The standard InChI is InChI=1S/C17H19N5O3S/c1-12-7-9-13(10-8-12)21-17(23)16-11-20(19-26(2,24)25)14-5-3-4-6-15(14)22(16)18-21/h3-11,17-19,23H,1-2H3.